The van der Waals surface area contributed by atoms with Crippen molar-refractivity contribution >= 4 is 27.5 Å². The van der Waals surface area contributed by atoms with Crippen molar-refractivity contribution in [3.05, 3.63) is 90.0 Å². The molecule has 8 nitrogen and oxygen atoms in total. The number of carbonyl (C=O) groups excluding carboxylic acids is 2. The molecule has 0 saturated carbocycles. The molecule has 0 spiro atoms. The quantitative estimate of drug-likeness (QED) is 0.280. The maximum atomic E-state index is 13.9. The summed E-state index contributed by atoms with van der Waals surface area (Å²) in [5.41, 5.74) is 2.22. The lowest BCUT2D eigenvalue weighted by Crippen LogP contribution is -2.51. The first-order chi connectivity index (χ1) is 19.2. The average Bonchev–Trinajstić information content (AvgIpc) is 2.95. The van der Waals surface area contributed by atoms with Crippen LogP contribution < -0.4 is 14.4 Å². The number of anilines is 1. The highest BCUT2D eigenvalue weighted by Crippen LogP contribution is 2.26. The number of hydrogen-bond donors (Lipinski definition) is 1. The highest BCUT2D eigenvalue weighted by Gasteiger charge is 2.32. The van der Waals surface area contributed by atoms with E-state index >= 15 is 0 Å². The summed E-state index contributed by atoms with van der Waals surface area (Å²) in [4.78, 5) is 28.4. The molecule has 3 aromatic rings. The molecule has 0 bridgehead atoms. The van der Waals surface area contributed by atoms with Crippen molar-refractivity contribution in [3.8, 4) is 5.75 Å². The van der Waals surface area contributed by atoms with Gasteiger partial charge in [0.1, 0.15) is 18.3 Å². The van der Waals surface area contributed by atoms with E-state index in [0.717, 1.165) is 28.3 Å². The number of nitrogens with zero attached hydrogens (tertiary/aromatic N) is 2. The number of nitrogens with one attached hydrogen (secondary N) is 1. The predicted molar refractivity (Wildman–Crippen MR) is 158 cm³/mol. The van der Waals surface area contributed by atoms with Gasteiger partial charge in [-0.15, -0.1) is 0 Å². The number of unbranched alkanes of at least 4 members (excludes halogenated alkanes) is 1. The van der Waals surface area contributed by atoms with Crippen LogP contribution in [-0.2, 0) is 26.2 Å². The zero-order chi connectivity index (χ0) is 29.1. The molecule has 0 aliphatic carbocycles. The molecule has 2 amide bonds. The Morgan fingerprint density at radius 2 is 1.65 bits per heavy atom. The van der Waals surface area contributed by atoms with Gasteiger partial charge in [0.2, 0.25) is 11.8 Å². The molecule has 9 heteroatoms. The van der Waals surface area contributed by atoms with Crippen molar-refractivity contribution < 1.29 is 22.7 Å². The summed E-state index contributed by atoms with van der Waals surface area (Å²) in [5, 5.41) is 2.90. The fraction of sp³-hybridized carbons (Fsp3) is 0.355. The van der Waals surface area contributed by atoms with Crippen molar-refractivity contribution in [1.82, 2.24) is 10.2 Å². The van der Waals surface area contributed by atoms with Gasteiger partial charge in [0, 0.05) is 13.1 Å². The molecule has 40 heavy (non-hydrogen) atoms. The number of aryl methyl sites for hydroxylation is 1. The average molecular weight is 566 g/mol. The second kappa shape index (κ2) is 14.5. The van der Waals surface area contributed by atoms with Crippen LogP contribution in [0.15, 0.2) is 83.8 Å². The third-order valence-electron chi connectivity index (χ3n) is 6.48. The lowest BCUT2D eigenvalue weighted by atomic mass is 10.1. The van der Waals surface area contributed by atoms with Crippen LogP contribution >= 0.6 is 0 Å². The fourth-order valence-corrected chi connectivity index (χ4v) is 5.66. The Hall–Kier alpha value is -3.85. The molecule has 0 heterocycles. The van der Waals surface area contributed by atoms with Crippen LogP contribution in [0.5, 0.6) is 5.75 Å². The zero-order valence-corrected chi connectivity index (χ0v) is 24.5. The van der Waals surface area contributed by atoms with Gasteiger partial charge < -0.3 is 15.0 Å². The summed E-state index contributed by atoms with van der Waals surface area (Å²) >= 11 is 0. The molecule has 0 aromatic heterocycles. The summed E-state index contributed by atoms with van der Waals surface area (Å²) in [7, 11) is -4.13. The number of hydrogen-bond acceptors (Lipinski definition) is 5. The molecule has 1 atom stereocenters. The highest BCUT2D eigenvalue weighted by molar-refractivity contribution is 7.92. The Balaban J connectivity index is 1.97. The van der Waals surface area contributed by atoms with Gasteiger partial charge in [-0.1, -0.05) is 61.4 Å². The summed E-state index contributed by atoms with van der Waals surface area (Å²) in [6.07, 6.45) is 1.75. The summed E-state index contributed by atoms with van der Waals surface area (Å²) in [6.45, 7) is 8.16. The van der Waals surface area contributed by atoms with E-state index in [2.05, 4.69) is 5.32 Å². The van der Waals surface area contributed by atoms with Crippen LogP contribution in [0.2, 0.25) is 0 Å². The van der Waals surface area contributed by atoms with Gasteiger partial charge in [0.15, 0.2) is 0 Å². The van der Waals surface area contributed by atoms with Gasteiger partial charge >= 0.3 is 0 Å². The molecule has 0 saturated heterocycles. The second-order valence-corrected chi connectivity index (χ2v) is 11.4. The molecule has 0 aliphatic heterocycles. The summed E-state index contributed by atoms with van der Waals surface area (Å²) < 4.78 is 34.3. The third kappa shape index (κ3) is 8.08. The number of para-hydroxylation sites is 1. The second-order valence-electron chi connectivity index (χ2n) is 9.58. The molecular formula is C31H39N3O5S. The van der Waals surface area contributed by atoms with Gasteiger partial charge in [-0.2, -0.15) is 0 Å². The first-order valence-corrected chi connectivity index (χ1v) is 15.0. The van der Waals surface area contributed by atoms with Crippen molar-refractivity contribution in [3.63, 3.8) is 0 Å². The smallest absolute Gasteiger partial charge is 0.264 e. The first-order valence-electron chi connectivity index (χ1n) is 13.6. The van der Waals surface area contributed by atoms with Crippen LogP contribution in [0.3, 0.4) is 0 Å². The number of ether oxygens (including phenoxy) is 1. The van der Waals surface area contributed by atoms with Gasteiger partial charge in [-0.05, 0) is 69.2 Å². The van der Waals surface area contributed by atoms with Crippen LogP contribution in [0, 0.1) is 6.92 Å². The third-order valence-corrected chi connectivity index (χ3v) is 8.27. The Morgan fingerprint density at radius 1 is 0.950 bits per heavy atom. The maximum Gasteiger partial charge on any atom is 0.264 e. The lowest BCUT2D eigenvalue weighted by molar-refractivity contribution is -0.139. The molecule has 3 rings (SSSR count). The number of benzene rings is 3. The van der Waals surface area contributed by atoms with Crippen molar-refractivity contribution in [2.45, 2.75) is 58.0 Å². The predicted octanol–water partition coefficient (Wildman–Crippen LogP) is 4.92. The van der Waals surface area contributed by atoms with Gasteiger partial charge in [-0.3, -0.25) is 13.9 Å². The van der Waals surface area contributed by atoms with E-state index in [-0.39, 0.29) is 17.3 Å². The largest absolute Gasteiger partial charge is 0.494 e. The fourth-order valence-electron chi connectivity index (χ4n) is 4.25. The minimum atomic E-state index is -4.13. The molecule has 1 unspecified atom stereocenters. The minimum Gasteiger partial charge on any atom is -0.494 e. The summed E-state index contributed by atoms with van der Waals surface area (Å²) in [6, 6.07) is 21.5. The number of amides is 2. The Kier molecular flexibility index (Phi) is 11.1. The highest BCUT2D eigenvalue weighted by atomic mass is 32.2. The topological polar surface area (TPSA) is 96.0 Å². The maximum absolute atomic E-state index is 13.9. The van der Waals surface area contributed by atoms with E-state index < -0.39 is 28.5 Å². The van der Waals surface area contributed by atoms with E-state index in [4.69, 9.17) is 4.74 Å². The van der Waals surface area contributed by atoms with Crippen molar-refractivity contribution in [1.29, 1.82) is 0 Å². The molecule has 214 valence electrons. The number of rotatable bonds is 14. The SMILES string of the molecule is CCCCNC(=O)C(C)N(Cc1cccc(C)c1)C(=O)CN(c1ccccc1)S(=O)(=O)c1ccc(OCC)cc1. The van der Waals surface area contributed by atoms with Crippen LogP contribution in [0.1, 0.15) is 44.7 Å². The van der Waals surface area contributed by atoms with E-state index in [1.165, 1.54) is 17.0 Å². The minimum absolute atomic E-state index is 0.0307. The number of sulfonamides is 1. The van der Waals surface area contributed by atoms with Gasteiger partial charge in [0.05, 0.1) is 17.2 Å². The number of carbonyl (C=O) groups is 2. The Labute approximate surface area is 238 Å². The van der Waals surface area contributed by atoms with E-state index in [1.54, 1.807) is 49.4 Å². The standard InChI is InChI=1S/C31H39N3O5S/c1-5-7-20-32-31(36)25(4)33(22-26-13-11-12-24(3)21-26)30(35)23-34(27-14-9-8-10-15-27)40(37,38)29-18-16-28(17-19-29)39-6-2/h8-19,21,25H,5-7,20,22-23H2,1-4H3,(H,32,36). The summed E-state index contributed by atoms with van der Waals surface area (Å²) in [5.74, 6) is -0.218. The van der Waals surface area contributed by atoms with E-state index in [9.17, 15) is 18.0 Å². The molecule has 1 N–H and O–H groups in total. The Morgan fingerprint density at radius 3 is 2.27 bits per heavy atom. The van der Waals surface area contributed by atoms with E-state index in [1.807, 2.05) is 45.0 Å². The zero-order valence-electron chi connectivity index (χ0n) is 23.7. The molecule has 0 fully saturated rings. The normalized spacial score (nSPS) is 11.9. The van der Waals surface area contributed by atoms with Gasteiger partial charge in [0.25, 0.3) is 10.0 Å². The molecular weight excluding hydrogens is 526 g/mol. The van der Waals surface area contributed by atoms with Crippen LogP contribution in [0.25, 0.3) is 0 Å². The molecule has 0 aliphatic rings. The molecule has 0 radical (unpaired) electrons. The molecule has 3 aromatic carbocycles. The lowest BCUT2D eigenvalue weighted by Gasteiger charge is -2.32. The first kappa shape index (κ1) is 30.7. The van der Waals surface area contributed by atoms with Crippen LogP contribution in [0.4, 0.5) is 5.69 Å². The van der Waals surface area contributed by atoms with E-state index in [0.29, 0.717) is 24.6 Å². The van der Waals surface area contributed by atoms with Crippen molar-refractivity contribution in [2.24, 2.45) is 0 Å². The monoisotopic (exact) mass is 565 g/mol. The van der Waals surface area contributed by atoms with Gasteiger partial charge in [-0.25, -0.2) is 8.42 Å². The van der Waals surface area contributed by atoms with Crippen molar-refractivity contribution in [2.75, 3.05) is 24.0 Å². The Bertz CT molecular complexity index is 1360. The van der Waals surface area contributed by atoms with Crippen LogP contribution in [-0.4, -0.2) is 50.9 Å².